The zero-order valence-corrected chi connectivity index (χ0v) is 6.41. The predicted molar refractivity (Wildman–Crippen MR) is 42.4 cm³/mol. The second-order valence-corrected chi connectivity index (χ2v) is 2.30. The molecule has 7 heteroatoms. The smallest absolute Gasteiger partial charge is 0.276 e. The van der Waals surface area contributed by atoms with E-state index in [0.29, 0.717) is 0 Å². The molecule has 2 aromatic rings. The lowest BCUT2D eigenvalue weighted by atomic mass is 10.5. The number of nitrogens with one attached hydrogen (secondary N) is 1. The third kappa shape index (κ3) is 1.15. The van der Waals surface area contributed by atoms with Crippen molar-refractivity contribution in [2.24, 2.45) is 0 Å². The Labute approximate surface area is 72.1 Å². The van der Waals surface area contributed by atoms with Crippen LogP contribution in [0.4, 0.5) is 5.69 Å². The fourth-order valence-corrected chi connectivity index (χ4v) is 0.973. The van der Waals surface area contributed by atoms with Crippen LogP contribution in [0.2, 0.25) is 0 Å². The van der Waals surface area contributed by atoms with E-state index >= 15 is 0 Å². The molecule has 66 valence electrons. The summed E-state index contributed by atoms with van der Waals surface area (Å²) >= 11 is 0. The number of aromatic nitrogens is 4. The van der Waals surface area contributed by atoms with E-state index in [4.69, 9.17) is 0 Å². The van der Waals surface area contributed by atoms with Crippen molar-refractivity contribution in [3.8, 4) is 5.82 Å². The zero-order valence-electron chi connectivity index (χ0n) is 6.41. The Kier molecular flexibility index (Phi) is 1.55. The molecule has 0 spiro atoms. The Morgan fingerprint density at radius 3 is 3.08 bits per heavy atom. The average Bonchev–Trinajstić information content (AvgIpc) is 2.74. The van der Waals surface area contributed by atoms with Gasteiger partial charge in [0.25, 0.3) is 5.82 Å². The molecule has 0 bridgehead atoms. The maximum absolute atomic E-state index is 10.5. The average molecular weight is 179 g/mol. The van der Waals surface area contributed by atoms with Crippen molar-refractivity contribution in [3.05, 3.63) is 34.8 Å². The van der Waals surface area contributed by atoms with E-state index in [1.165, 1.54) is 17.1 Å². The van der Waals surface area contributed by atoms with Crippen molar-refractivity contribution >= 4 is 5.69 Å². The van der Waals surface area contributed by atoms with Gasteiger partial charge in [0, 0.05) is 12.4 Å². The van der Waals surface area contributed by atoms with E-state index in [2.05, 4.69) is 15.3 Å². The van der Waals surface area contributed by atoms with Crippen molar-refractivity contribution in [2.45, 2.75) is 0 Å². The molecule has 13 heavy (non-hydrogen) atoms. The second kappa shape index (κ2) is 2.70. The molecule has 0 radical (unpaired) electrons. The van der Waals surface area contributed by atoms with Gasteiger partial charge >= 0.3 is 5.69 Å². The molecule has 0 aromatic carbocycles. The first kappa shape index (κ1) is 7.47. The first-order valence-corrected chi connectivity index (χ1v) is 3.47. The molecule has 2 aromatic heterocycles. The highest BCUT2D eigenvalue weighted by Crippen LogP contribution is 2.17. The number of H-pyrrole nitrogens is 1. The molecule has 7 nitrogen and oxygen atoms in total. The van der Waals surface area contributed by atoms with Crippen LogP contribution < -0.4 is 0 Å². The van der Waals surface area contributed by atoms with Crippen LogP contribution in [-0.4, -0.2) is 24.9 Å². The highest BCUT2D eigenvalue weighted by Gasteiger charge is 2.17. The van der Waals surface area contributed by atoms with Crippen LogP contribution in [0.25, 0.3) is 5.82 Å². The summed E-state index contributed by atoms with van der Waals surface area (Å²) in [7, 11) is 0. The molecule has 1 N–H and O–H groups in total. The fraction of sp³-hybridized carbons (Fsp3) is 0. The molecule has 0 amide bonds. The van der Waals surface area contributed by atoms with E-state index < -0.39 is 4.92 Å². The van der Waals surface area contributed by atoms with Crippen molar-refractivity contribution in [1.82, 2.24) is 20.0 Å². The SMILES string of the molecule is O=[N+]([O-])c1c[nH]nc1-n1cccn1. The zero-order chi connectivity index (χ0) is 9.26. The lowest BCUT2D eigenvalue weighted by Crippen LogP contribution is -1.98. The summed E-state index contributed by atoms with van der Waals surface area (Å²) in [5.74, 6) is 0.190. The highest BCUT2D eigenvalue weighted by atomic mass is 16.6. The summed E-state index contributed by atoms with van der Waals surface area (Å²) in [4.78, 5) is 9.97. The summed E-state index contributed by atoms with van der Waals surface area (Å²) in [6, 6.07) is 1.67. The normalized spacial score (nSPS) is 10.2. The Balaban J connectivity index is 2.52. The molecular weight excluding hydrogens is 174 g/mol. The minimum Gasteiger partial charge on any atom is -0.276 e. The molecule has 0 saturated heterocycles. The number of hydrogen-bond acceptors (Lipinski definition) is 4. The van der Waals surface area contributed by atoms with Gasteiger partial charge in [-0.2, -0.15) is 5.10 Å². The van der Waals surface area contributed by atoms with Crippen molar-refractivity contribution in [1.29, 1.82) is 0 Å². The summed E-state index contributed by atoms with van der Waals surface area (Å²) in [6.45, 7) is 0. The number of rotatable bonds is 2. The van der Waals surface area contributed by atoms with E-state index in [9.17, 15) is 10.1 Å². The van der Waals surface area contributed by atoms with E-state index in [1.54, 1.807) is 12.3 Å². The van der Waals surface area contributed by atoms with E-state index in [1.807, 2.05) is 0 Å². The fourth-order valence-electron chi connectivity index (χ4n) is 0.973. The molecule has 0 unspecified atom stereocenters. The van der Waals surface area contributed by atoms with Crippen LogP contribution in [0.1, 0.15) is 0 Å². The Morgan fingerprint density at radius 2 is 2.46 bits per heavy atom. The van der Waals surface area contributed by atoms with Crippen molar-refractivity contribution in [2.75, 3.05) is 0 Å². The maximum Gasteiger partial charge on any atom is 0.332 e. The molecule has 0 aliphatic carbocycles. The second-order valence-electron chi connectivity index (χ2n) is 2.30. The maximum atomic E-state index is 10.5. The van der Waals surface area contributed by atoms with Crippen LogP contribution in [-0.2, 0) is 0 Å². The van der Waals surface area contributed by atoms with Gasteiger partial charge in [-0.05, 0) is 6.07 Å². The minimum atomic E-state index is -0.513. The topological polar surface area (TPSA) is 89.6 Å². The van der Waals surface area contributed by atoms with Gasteiger partial charge in [-0.15, -0.1) is 5.10 Å². The van der Waals surface area contributed by atoms with Gasteiger partial charge in [-0.1, -0.05) is 0 Å². The third-order valence-corrected chi connectivity index (χ3v) is 1.52. The third-order valence-electron chi connectivity index (χ3n) is 1.52. The number of aromatic amines is 1. The van der Waals surface area contributed by atoms with Crippen LogP contribution >= 0.6 is 0 Å². The largest absolute Gasteiger partial charge is 0.332 e. The first-order chi connectivity index (χ1) is 6.29. The Bertz CT molecular complexity index is 418. The van der Waals surface area contributed by atoms with Gasteiger partial charge in [0.05, 0.1) is 4.92 Å². The highest BCUT2D eigenvalue weighted by molar-refractivity contribution is 5.43. The van der Waals surface area contributed by atoms with Gasteiger partial charge in [0.2, 0.25) is 0 Å². The predicted octanol–water partition coefficient (Wildman–Crippen LogP) is 0.504. The van der Waals surface area contributed by atoms with Crippen molar-refractivity contribution < 1.29 is 4.92 Å². The molecule has 0 fully saturated rings. The summed E-state index contributed by atoms with van der Waals surface area (Å²) in [5.41, 5.74) is -0.0938. The molecule has 0 saturated carbocycles. The summed E-state index contributed by atoms with van der Waals surface area (Å²) < 4.78 is 1.33. The van der Waals surface area contributed by atoms with Crippen LogP contribution in [0, 0.1) is 10.1 Å². The summed E-state index contributed by atoms with van der Waals surface area (Å²) in [6.07, 6.45) is 4.33. The first-order valence-electron chi connectivity index (χ1n) is 3.47. The van der Waals surface area contributed by atoms with Gasteiger partial charge in [0.1, 0.15) is 6.20 Å². The number of nitrogens with zero attached hydrogens (tertiary/aromatic N) is 4. The van der Waals surface area contributed by atoms with E-state index in [0.717, 1.165) is 0 Å². The molecule has 0 aliphatic heterocycles. The summed E-state index contributed by atoms with van der Waals surface area (Å²) in [5, 5.41) is 20.4. The minimum absolute atomic E-state index is 0.0938. The molecule has 2 heterocycles. The van der Waals surface area contributed by atoms with Gasteiger partial charge < -0.3 is 0 Å². The molecular formula is C6H5N5O2. The Hall–Kier alpha value is -2.18. The quantitative estimate of drug-likeness (QED) is 0.537. The monoisotopic (exact) mass is 179 g/mol. The van der Waals surface area contributed by atoms with Crippen LogP contribution in [0.15, 0.2) is 24.7 Å². The van der Waals surface area contributed by atoms with E-state index in [-0.39, 0.29) is 11.5 Å². The molecule has 0 aliphatic rings. The van der Waals surface area contributed by atoms with Gasteiger partial charge in [0.15, 0.2) is 0 Å². The van der Waals surface area contributed by atoms with Gasteiger partial charge in [-0.3, -0.25) is 15.2 Å². The van der Waals surface area contributed by atoms with Crippen LogP contribution in [0.3, 0.4) is 0 Å². The number of nitro groups is 1. The molecule has 0 atom stereocenters. The standard InChI is InChI=1S/C6H5N5O2/c12-11(13)5-4-7-9-6(5)10-3-1-2-8-10/h1-4H,(H,7,9). The Morgan fingerprint density at radius 1 is 1.62 bits per heavy atom. The lowest BCUT2D eigenvalue weighted by Gasteiger charge is -1.93. The lowest BCUT2D eigenvalue weighted by molar-refractivity contribution is -0.384. The number of hydrogen-bond donors (Lipinski definition) is 1. The van der Waals surface area contributed by atoms with Crippen molar-refractivity contribution in [3.63, 3.8) is 0 Å². The van der Waals surface area contributed by atoms with Crippen LogP contribution in [0.5, 0.6) is 0 Å². The molecule has 2 rings (SSSR count). The van der Waals surface area contributed by atoms with Gasteiger partial charge in [-0.25, -0.2) is 4.68 Å².